The van der Waals surface area contributed by atoms with Gasteiger partial charge in [-0.2, -0.15) is 20.8 Å². The first kappa shape index (κ1) is 24.3. The van der Waals surface area contributed by atoms with Crippen LogP contribution in [-0.2, 0) is 29.1 Å². The smallest absolute Gasteiger partial charge is 0.545 e. The van der Waals surface area contributed by atoms with Crippen molar-refractivity contribution in [1.82, 2.24) is 9.97 Å². The van der Waals surface area contributed by atoms with Gasteiger partial charge in [-0.1, -0.05) is 0 Å². The van der Waals surface area contributed by atoms with E-state index in [1.165, 1.54) is 5.92 Å². The first-order valence-electron chi connectivity index (χ1n) is 4.10. The molecule has 0 bridgehead atoms. The predicted octanol–water partition coefficient (Wildman–Crippen LogP) is 1.85. The first-order chi connectivity index (χ1) is 7.13. The maximum absolute atomic E-state index is 7.75. The number of aryl methyl sites for hydroxylation is 1. The monoisotopic (exact) mass is 311 g/mol. The quantitative estimate of drug-likeness (QED) is 0.417. The van der Waals surface area contributed by atoms with Crippen molar-refractivity contribution in [3.8, 4) is 0 Å². The zero-order chi connectivity index (χ0) is 12.7. The second kappa shape index (κ2) is 23.7. The summed E-state index contributed by atoms with van der Waals surface area (Å²) in [5, 5.41) is 0. The number of hydrogen-bond acceptors (Lipinski definition) is 4. The minimum Gasteiger partial charge on any atom is -0.545 e. The molecule has 16 heavy (non-hydrogen) atoms. The van der Waals surface area contributed by atoms with Gasteiger partial charge in [0.15, 0.2) is 0 Å². The molecule has 0 aliphatic carbocycles. The molecule has 0 saturated carbocycles. The third-order valence-electron chi connectivity index (χ3n) is 0.695. The second-order valence-electron chi connectivity index (χ2n) is 2.80. The minimum atomic E-state index is 0. The number of nitrogens with zero attached hydrogens (tertiary/aromatic N) is 2. The Labute approximate surface area is 111 Å². The number of carbonyl (C=O) groups excluding carboxylic acids is 2. The van der Waals surface area contributed by atoms with Crippen LogP contribution in [0.2, 0.25) is 0 Å². The van der Waals surface area contributed by atoms with Gasteiger partial charge in [0.25, 0.3) is 0 Å². The summed E-state index contributed by atoms with van der Waals surface area (Å²) < 4.78 is 0. The third kappa shape index (κ3) is 38.1. The Balaban J connectivity index is -0.0000000702. The Hall–Kier alpha value is -0.957. The Kier molecular flexibility index (Phi) is 36.0. The molecule has 0 fully saturated rings. The first-order valence-corrected chi connectivity index (χ1v) is 4.10. The van der Waals surface area contributed by atoms with Crippen LogP contribution >= 0.6 is 0 Å². The summed E-state index contributed by atoms with van der Waals surface area (Å²) in [6.07, 6.45) is 3.45. The molecule has 0 unspecified atom stereocenters. The Morgan fingerprint density at radius 3 is 1.38 bits per heavy atom. The van der Waals surface area contributed by atoms with E-state index in [0.717, 1.165) is 5.82 Å². The van der Waals surface area contributed by atoms with Crippen LogP contribution in [0.4, 0.5) is 0 Å². The average molecular weight is 310 g/mol. The molecule has 1 aromatic rings. The van der Waals surface area contributed by atoms with Crippen molar-refractivity contribution >= 4 is 13.6 Å². The Bertz CT molecular complexity index is 204. The normalized spacial score (nSPS) is 6.56. The Morgan fingerprint density at radius 2 is 1.25 bits per heavy atom. The summed E-state index contributed by atoms with van der Waals surface area (Å²) >= 11 is 0. The van der Waals surface area contributed by atoms with Gasteiger partial charge in [-0.05, 0) is 13.0 Å². The van der Waals surface area contributed by atoms with Gasteiger partial charge in [-0.3, -0.25) is 13.6 Å². The summed E-state index contributed by atoms with van der Waals surface area (Å²) in [5.74, 6) is 2.24. The van der Waals surface area contributed by atoms with Crippen LogP contribution in [-0.4, -0.2) is 23.5 Å². The topological polar surface area (TPSA) is 59.9 Å². The van der Waals surface area contributed by atoms with Gasteiger partial charge in [0.05, 0.1) is 0 Å². The molecule has 1 radical (unpaired) electrons. The van der Waals surface area contributed by atoms with Crippen molar-refractivity contribution < 1.29 is 29.1 Å². The van der Waals surface area contributed by atoms with Gasteiger partial charge in [0, 0.05) is 12.4 Å². The van der Waals surface area contributed by atoms with Crippen LogP contribution in [0, 0.1) is 12.8 Å². The van der Waals surface area contributed by atoms with Crippen LogP contribution in [0.5, 0.6) is 0 Å². The van der Waals surface area contributed by atoms with Gasteiger partial charge in [0.2, 0.25) is 0 Å². The average Bonchev–Trinajstić information content (AvgIpc) is 2.24. The second-order valence-corrected chi connectivity index (χ2v) is 2.80. The van der Waals surface area contributed by atoms with Crippen molar-refractivity contribution in [2.75, 3.05) is 0 Å². The van der Waals surface area contributed by atoms with E-state index in [1.807, 2.05) is 6.92 Å². The Morgan fingerprint density at radius 1 is 1.00 bits per heavy atom. The third-order valence-corrected chi connectivity index (χ3v) is 0.695. The SMILES string of the molecule is C[C-](C)C.Cc1ncccn1.[CH-]=O.[CH-]=O.[Ru+3]. The molecule has 0 atom stereocenters. The molecular formula is C11H17N2O2Ru. The largest absolute Gasteiger partial charge is 3.00 e. The van der Waals surface area contributed by atoms with Gasteiger partial charge in [-0.25, -0.2) is 9.97 Å². The fourth-order valence-electron chi connectivity index (χ4n) is 0.374. The summed E-state index contributed by atoms with van der Waals surface area (Å²) in [7, 11) is 0. The van der Waals surface area contributed by atoms with E-state index in [9.17, 15) is 0 Å². The van der Waals surface area contributed by atoms with Crippen molar-refractivity contribution in [2.45, 2.75) is 27.7 Å². The molecule has 0 spiro atoms. The fourth-order valence-corrected chi connectivity index (χ4v) is 0.374. The molecule has 1 rings (SSSR count). The molecule has 0 aliphatic heterocycles. The molecule has 0 saturated heterocycles. The van der Waals surface area contributed by atoms with E-state index >= 15 is 0 Å². The maximum atomic E-state index is 7.75. The molecular weight excluding hydrogens is 293 g/mol. The van der Waals surface area contributed by atoms with Crippen molar-refractivity contribution in [3.63, 3.8) is 0 Å². The maximum Gasteiger partial charge on any atom is 3.00 e. The van der Waals surface area contributed by atoms with E-state index < -0.39 is 0 Å². The van der Waals surface area contributed by atoms with Crippen molar-refractivity contribution in [2.24, 2.45) is 0 Å². The summed E-state index contributed by atoms with van der Waals surface area (Å²) in [5.41, 5.74) is 0. The minimum absolute atomic E-state index is 0. The van der Waals surface area contributed by atoms with Gasteiger partial charge >= 0.3 is 19.5 Å². The fraction of sp³-hybridized carbons (Fsp3) is 0.364. The number of aromatic nitrogens is 2. The van der Waals surface area contributed by atoms with Gasteiger partial charge < -0.3 is 15.5 Å². The zero-order valence-corrected chi connectivity index (χ0v) is 11.7. The number of hydrogen-bond donors (Lipinski definition) is 0. The molecule has 0 N–H and O–H groups in total. The van der Waals surface area contributed by atoms with Crippen molar-refractivity contribution in [3.05, 3.63) is 30.2 Å². The van der Waals surface area contributed by atoms with E-state index in [1.54, 1.807) is 18.5 Å². The van der Waals surface area contributed by atoms with Crippen LogP contribution in [0.1, 0.15) is 26.6 Å². The van der Waals surface area contributed by atoms with Crippen LogP contribution < -0.4 is 0 Å². The van der Waals surface area contributed by atoms with Gasteiger partial charge in [-0.15, -0.1) is 0 Å². The molecule has 0 amide bonds. The molecule has 1 heterocycles. The summed E-state index contributed by atoms with van der Waals surface area (Å²) in [6.45, 7) is 14.6. The summed E-state index contributed by atoms with van der Waals surface area (Å²) in [4.78, 5) is 23.2. The van der Waals surface area contributed by atoms with Crippen LogP contribution in [0.25, 0.3) is 0 Å². The molecule has 5 heteroatoms. The van der Waals surface area contributed by atoms with E-state index in [4.69, 9.17) is 9.59 Å². The van der Waals surface area contributed by atoms with Crippen LogP contribution in [0.15, 0.2) is 18.5 Å². The molecule has 0 aliphatic rings. The van der Waals surface area contributed by atoms with Gasteiger partial charge in [0.1, 0.15) is 5.82 Å². The van der Waals surface area contributed by atoms with E-state index in [2.05, 4.69) is 44.3 Å². The summed E-state index contributed by atoms with van der Waals surface area (Å²) in [6, 6.07) is 1.80. The number of rotatable bonds is 0. The molecule has 0 aromatic carbocycles. The van der Waals surface area contributed by atoms with E-state index in [0.29, 0.717) is 0 Å². The van der Waals surface area contributed by atoms with Crippen molar-refractivity contribution in [1.29, 1.82) is 0 Å². The van der Waals surface area contributed by atoms with E-state index in [-0.39, 0.29) is 19.5 Å². The molecule has 91 valence electrons. The van der Waals surface area contributed by atoms with Crippen LogP contribution in [0.3, 0.4) is 0 Å². The predicted molar refractivity (Wildman–Crippen MR) is 60.5 cm³/mol. The molecule has 4 nitrogen and oxygen atoms in total. The molecule has 1 aromatic heterocycles. The zero-order valence-electron chi connectivity index (χ0n) is 9.95. The standard InChI is InChI=1S/C5H6N2.C4H9.2CHO.Ru/c1-5-6-3-2-4-7-5;1-4(2)3;2*1-2;/h2-4H,1H3;1-3H3;2*1H;/q;3*-1;+3.